The number of hydrogen-bond donors (Lipinski definition) is 2. The molecule has 1 heterocycles. The van der Waals surface area contributed by atoms with Gasteiger partial charge in [0.1, 0.15) is 18.7 Å². The minimum atomic E-state index is 0. The van der Waals surface area contributed by atoms with E-state index in [1.54, 1.807) is 4.68 Å². The van der Waals surface area contributed by atoms with Crippen LogP contribution < -0.4 is 10.6 Å². The average molecular weight is 472 g/mol. The molecular weight excluding hydrogens is 443 g/mol. The van der Waals surface area contributed by atoms with Crippen LogP contribution in [0.3, 0.4) is 0 Å². The van der Waals surface area contributed by atoms with Crippen molar-refractivity contribution in [2.75, 3.05) is 26.3 Å². The molecule has 0 atom stereocenters. The minimum absolute atomic E-state index is 0. The number of benzene rings is 1. The van der Waals surface area contributed by atoms with Crippen molar-refractivity contribution in [1.82, 2.24) is 25.4 Å². The molecule has 0 saturated heterocycles. The van der Waals surface area contributed by atoms with E-state index in [-0.39, 0.29) is 24.0 Å². The van der Waals surface area contributed by atoms with E-state index in [0.717, 1.165) is 50.9 Å². The summed E-state index contributed by atoms with van der Waals surface area (Å²) in [6, 6.07) is 10.4. The highest BCUT2D eigenvalue weighted by molar-refractivity contribution is 14.0. The lowest BCUT2D eigenvalue weighted by molar-refractivity contribution is 0.135. The highest BCUT2D eigenvalue weighted by Crippen LogP contribution is 1.99. The van der Waals surface area contributed by atoms with Crippen molar-refractivity contribution in [3.05, 3.63) is 48.0 Å². The quantitative estimate of drug-likeness (QED) is 0.240. The number of halogens is 1. The third kappa shape index (κ3) is 8.61. The Hall–Kier alpha value is -1.68. The Morgan fingerprint density at radius 2 is 2.00 bits per heavy atom. The van der Waals surface area contributed by atoms with Crippen LogP contribution in [-0.2, 0) is 24.8 Å². The van der Waals surface area contributed by atoms with E-state index in [0.29, 0.717) is 6.54 Å². The van der Waals surface area contributed by atoms with E-state index >= 15 is 0 Å². The molecule has 144 valence electrons. The molecule has 8 heteroatoms. The number of aryl methyl sites for hydroxylation is 1. The van der Waals surface area contributed by atoms with Gasteiger partial charge in [0.2, 0.25) is 0 Å². The van der Waals surface area contributed by atoms with Crippen LogP contribution in [0.15, 0.2) is 41.7 Å². The summed E-state index contributed by atoms with van der Waals surface area (Å²) in [5.41, 5.74) is 1.31. The molecule has 0 fully saturated rings. The maximum Gasteiger partial charge on any atom is 0.191 e. The maximum atomic E-state index is 5.69. The monoisotopic (exact) mass is 472 g/mol. The first-order valence-electron chi connectivity index (χ1n) is 8.76. The minimum Gasteiger partial charge on any atom is -0.381 e. The normalized spacial score (nSPS) is 11.1. The number of hydrogen-bond acceptors (Lipinski definition) is 4. The maximum absolute atomic E-state index is 5.69. The van der Waals surface area contributed by atoms with Gasteiger partial charge in [-0.3, -0.25) is 4.68 Å². The Bertz CT molecular complexity index is 632. The number of nitrogens with zero attached hydrogens (tertiary/aromatic N) is 4. The van der Waals surface area contributed by atoms with Crippen molar-refractivity contribution in [3.8, 4) is 0 Å². The predicted octanol–water partition coefficient (Wildman–Crippen LogP) is 2.14. The summed E-state index contributed by atoms with van der Waals surface area (Å²) < 4.78 is 7.42. The van der Waals surface area contributed by atoms with Crippen molar-refractivity contribution >= 4 is 29.9 Å². The molecule has 0 bridgehead atoms. The fraction of sp³-hybridized carbons (Fsp3) is 0.500. The van der Waals surface area contributed by atoms with Crippen LogP contribution in [0.2, 0.25) is 0 Å². The molecule has 0 amide bonds. The lowest BCUT2D eigenvalue weighted by Gasteiger charge is -2.11. The average Bonchev–Trinajstić information content (AvgIpc) is 3.04. The fourth-order valence-corrected chi connectivity index (χ4v) is 2.27. The second kappa shape index (κ2) is 13.5. The van der Waals surface area contributed by atoms with Gasteiger partial charge in [-0.05, 0) is 25.3 Å². The first-order valence-corrected chi connectivity index (χ1v) is 8.76. The number of aromatic nitrogens is 3. The molecule has 0 radical (unpaired) electrons. The van der Waals surface area contributed by atoms with Crippen LogP contribution in [0.1, 0.15) is 24.7 Å². The van der Waals surface area contributed by atoms with Crippen molar-refractivity contribution in [2.24, 2.45) is 12.0 Å². The molecule has 0 aliphatic carbocycles. The summed E-state index contributed by atoms with van der Waals surface area (Å²) in [6.07, 6.45) is 3.43. The molecule has 1 aromatic heterocycles. The predicted molar refractivity (Wildman–Crippen MR) is 115 cm³/mol. The molecule has 2 aromatic rings. The molecule has 2 rings (SSSR count). The second-order valence-corrected chi connectivity index (χ2v) is 5.62. The molecule has 0 saturated carbocycles. The van der Waals surface area contributed by atoms with Crippen LogP contribution in [0.4, 0.5) is 0 Å². The van der Waals surface area contributed by atoms with E-state index in [1.165, 1.54) is 11.9 Å². The zero-order valence-electron chi connectivity index (χ0n) is 15.5. The third-order valence-corrected chi connectivity index (χ3v) is 3.66. The van der Waals surface area contributed by atoms with Gasteiger partial charge in [-0.25, -0.2) is 9.98 Å². The first-order chi connectivity index (χ1) is 12.3. The van der Waals surface area contributed by atoms with Crippen molar-refractivity contribution in [1.29, 1.82) is 0 Å². The Kier molecular flexibility index (Phi) is 11.6. The summed E-state index contributed by atoms with van der Waals surface area (Å²) in [5, 5.41) is 10.6. The van der Waals surface area contributed by atoms with E-state index in [9.17, 15) is 0 Å². The summed E-state index contributed by atoms with van der Waals surface area (Å²) in [5.74, 6) is 1.62. The van der Waals surface area contributed by atoms with Gasteiger partial charge < -0.3 is 15.4 Å². The van der Waals surface area contributed by atoms with Crippen LogP contribution in [-0.4, -0.2) is 47.0 Å². The molecule has 1 aromatic carbocycles. The molecule has 0 unspecified atom stereocenters. The Morgan fingerprint density at radius 3 is 2.69 bits per heavy atom. The summed E-state index contributed by atoms with van der Waals surface area (Å²) in [4.78, 5) is 8.69. The van der Waals surface area contributed by atoms with Gasteiger partial charge in [0.25, 0.3) is 0 Å². The smallest absolute Gasteiger partial charge is 0.191 e. The molecule has 2 N–H and O–H groups in total. The summed E-state index contributed by atoms with van der Waals surface area (Å²) in [6.45, 7) is 5.67. The van der Waals surface area contributed by atoms with E-state index < -0.39 is 0 Å². The van der Waals surface area contributed by atoms with Crippen LogP contribution in [0.5, 0.6) is 0 Å². The number of nitrogens with one attached hydrogen (secondary N) is 2. The van der Waals surface area contributed by atoms with E-state index in [1.807, 2.05) is 20.0 Å². The standard InChI is InChI=1S/C18H28N6O.HI/c1-3-19-18(21-14-17-22-15-23-24(17)2)20-11-7-12-25-13-10-16-8-5-4-6-9-16;/h4-6,8-9,15H,3,7,10-14H2,1-2H3,(H2,19,20,21);1H. The topological polar surface area (TPSA) is 76.4 Å². The van der Waals surface area contributed by atoms with Crippen molar-refractivity contribution in [2.45, 2.75) is 26.3 Å². The Labute approximate surface area is 172 Å². The summed E-state index contributed by atoms with van der Waals surface area (Å²) in [7, 11) is 1.87. The van der Waals surface area contributed by atoms with Gasteiger partial charge in [-0.1, -0.05) is 30.3 Å². The Balaban J connectivity index is 0.00000338. The molecule has 0 aliphatic rings. The highest BCUT2D eigenvalue weighted by atomic mass is 127. The van der Waals surface area contributed by atoms with Gasteiger partial charge >= 0.3 is 0 Å². The number of guanidine groups is 1. The second-order valence-electron chi connectivity index (χ2n) is 5.62. The number of ether oxygens (including phenoxy) is 1. The van der Waals surface area contributed by atoms with Crippen molar-refractivity contribution in [3.63, 3.8) is 0 Å². The third-order valence-electron chi connectivity index (χ3n) is 3.66. The molecular formula is C18H29IN6O. The van der Waals surface area contributed by atoms with Crippen LogP contribution >= 0.6 is 24.0 Å². The molecule has 7 nitrogen and oxygen atoms in total. The van der Waals surface area contributed by atoms with Crippen LogP contribution in [0, 0.1) is 0 Å². The van der Waals surface area contributed by atoms with Gasteiger partial charge in [-0.15, -0.1) is 24.0 Å². The Morgan fingerprint density at radius 1 is 1.19 bits per heavy atom. The van der Waals surface area contributed by atoms with Crippen molar-refractivity contribution < 1.29 is 4.74 Å². The summed E-state index contributed by atoms with van der Waals surface area (Å²) >= 11 is 0. The number of aliphatic imine (C=N–C) groups is 1. The molecule has 0 aliphatic heterocycles. The van der Waals surface area contributed by atoms with Gasteiger partial charge in [-0.2, -0.15) is 5.10 Å². The molecule has 26 heavy (non-hydrogen) atoms. The molecule has 0 spiro atoms. The first kappa shape index (κ1) is 22.4. The lowest BCUT2D eigenvalue weighted by atomic mass is 10.2. The van der Waals surface area contributed by atoms with Crippen LogP contribution in [0.25, 0.3) is 0 Å². The van der Waals surface area contributed by atoms with Gasteiger partial charge in [0.05, 0.1) is 6.61 Å². The lowest BCUT2D eigenvalue weighted by Crippen LogP contribution is -2.38. The number of rotatable bonds is 10. The zero-order valence-corrected chi connectivity index (χ0v) is 17.8. The van der Waals surface area contributed by atoms with Gasteiger partial charge in [0, 0.05) is 26.7 Å². The fourth-order valence-electron chi connectivity index (χ4n) is 2.27. The SMILES string of the molecule is CCNC(=NCc1ncnn1C)NCCCOCCc1ccccc1.I. The van der Waals surface area contributed by atoms with E-state index in [2.05, 4.69) is 50.0 Å². The highest BCUT2D eigenvalue weighted by Gasteiger charge is 2.01. The zero-order chi connectivity index (χ0) is 17.7. The van der Waals surface area contributed by atoms with E-state index in [4.69, 9.17) is 4.74 Å². The van der Waals surface area contributed by atoms with Gasteiger partial charge in [0.15, 0.2) is 5.96 Å². The largest absolute Gasteiger partial charge is 0.381 e.